The summed E-state index contributed by atoms with van der Waals surface area (Å²) in [6, 6.07) is 13.6. The Bertz CT molecular complexity index is 1230. The van der Waals surface area contributed by atoms with E-state index in [2.05, 4.69) is 6.07 Å². The van der Waals surface area contributed by atoms with Gasteiger partial charge in [0.15, 0.2) is 5.76 Å². The Morgan fingerprint density at radius 3 is 2.59 bits per heavy atom. The van der Waals surface area contributed by atoms with Crippen molar-refractivity contribution in [2.75, 3.05) is 0 Å². The van der Waals surface area contributed by atoms with Crippen molar-refractivity contribution >= 4 is 27.8 Å². The fourth-order valence-electron chi connectivity index (χ4n) is 3.89. The van der Waals surface area contributed by atoms with Crippen molar-refractivity contribution in [3.63, 3.8) is 0 Å². The lowest BCUT2D eigenvalue weighted by atomic mass is 9.98. The molecule has 2 aromatic carbocycles. The van der Waals surface area contributed by atoms with Crippen molar-refractivity contribution in [2.45, 2.75) is 32.6 Å². The highest BCUT2D eigenvalue weighted by Crippen LogP contribution is 2.42. The first kappa shape index (κ1) is 16.1. The molecule has 4 nitrogen and oxygen atoms in total. The maximum atomic E-state index is 12.0. The van der Waals surface area contributed by atoms with Gasteiger partial charge in [0.25, 0.3) is 0 Å². The molecule has 1 fully saturated rings. The minimum Gasteiger partial charge on any atom is -0.478 e. The summed E-state index contributed by atoms with van der Waals surface area (Å²) in [6.07, 6.45) is 2.36. The quantitative estimate of drug-likeness (QED) is 0.500. The Morgan fingerprint density at radius 2 is 1.89 bits per heavy atom. The van der Waals surface area contributed by atoms with Crippen LogP contribution in [-0.4, -0.2) is 16.1 Å². The van der Waals surface area contributed by atoms with E-state index in [4.69, 9.17) is 9.40 Å². The van der Waals surface area contributed by atoms with Gasteiger partial charge in [-0.15, -0.1) is 0 Å². The first-order valence-electron chi connectivity index (χ1n) is 9.20. The minimum atomic E-state index is -0.940. The Hall–Kier alpha value is -3.14. The second kappa shape index (κ2) is 5.68. The summed E-state index contributed by atoms with van der Waals surface area (Å²) in [5.41, 5.74) is 5.56. The van der Waals surface area contributed by atoms with Crippen LogP contribution in [0.3, 0.4) is 0 Å². The fourth-order valence-corrected chi connectivity index (χ4v) is 3.89. The van der Waals surface area contributed by atoms with Gasteiger partial charge in [0.1, 0.15) is 11.3 Å². The zero-order chi connectivity index (χ0) is 18.7. The zero-order valence-electron chi connectivity index (χ0n) is 15.2. The Balaban J connectivity index is 1.80. The molecule has 0 unspecified atom stereocenters. The highest BCUT2D eigenvalue weighted by molar-refractivity contribution is 6.05. The second-order valence-corrected chi connectivity index (χ2v) is 7.42. The van der Waals surface area contributed by atoms with Crippen LogP contribution in [0.15, 0.2) is 46.9 Å². The van der Waals surface area contributed by atoms with Crippen LogP contribution >= 0.6 is 0 Å². The number of nitrogens with zero attached hydrogens (tertiary/aromatic N) is 1. The number of rotatable bonds is 3. The normalized spacial score (nSPS) is 14.1. The summed E-state index contributed by atoms with van der Waals surface area (Å²) in [7, 11) is 0. The van der Waals surface area contributed by atoms with Crippen molar-refractivity contribution in [1.29, 1.82) is 0 Å². The molecule has 1 saturated carbocycles. The van der Waals surface area contributed by atoms with Gasteiger partial charge in [0, 0.05) is 16.3 Å². The molecule has 0 saturated heterocycles. The average molecular weight is 357 g/mol. The number of carbonyl (C=O) groups is 1. The summed E-state index contributed by atoms with van der Waals surface area (Å²) in [4.78, 5) is 16.8. The van der Waals surface area contributed by atoms with Crippen LogP contribution in [0.2, 0.25) is 0 Å². The topological polar surface area (TPSA) is 63.3 Å². The number of hydrogen-bond donors (Lipinski definition) is 1. The second-order valence-electron chi connectivity index (χ2n) is 7.42. The zero-order valence-corrected chi connectivity index (χ0v) is 15.2. The molecule has 0 spiro atoms. The summed E-state index contributed by atoms with van der Waals surface area (Å²) in [6.45, 7) is 3.98. The summed E-state index contributed by atoms with van der Waals surface area (Å²) in [5, 5.41) is 11.6. The Labute approximate surface area is 156 Å². The molecule has 2 heterocycles. The van der Waals surface area contributed by atoms with Crippen molar-refractivity contribution in [1.82, 2.24) is 4.98 Å². The van der Waals surface area contributed by atoms with Crippen LogP contribution in [0.1, 0.15) is 45.8 Å². The van der Waals surface area contributed by atoms with Crippen LogP contribution in [0.25, 0.3) is 33.3 Å². The minimum absolute atomic E-state index is 0.278. The number of para-hydroxylation sites is 1. The fraction of sp³-hybridized carbons (Fsp3) is 0.217. The number of carboxylic acids is 1. The number of aromatic carboxylic acids is 1. The number of aryl methyl sites for hydroxylation is 2. The monoisotopic (exact) mass is 357 g/mol. The third-order valence-electron chi connectivity index (χ3n) is 5.48. The molecule has 0 bridgehead atoms. The summed E-state index contributed by atoms with van der Waals surface area (Å²) >= 11 is 0. The molecule has 0 atom stereocenters. The lowest BCUT2D eigenvalue weighted by molar-refractivity contribution is 0.0699. The molecule has 1 N–H and O–H groups in total. The molecule has 4 aromatic rings. The van der Waals surface area contributed by atoms with E-state index >= 15 is 0 Å². The number of benzene rings is 2. The predicted molar refractivity (Wildman–Crippen MR) is 105 cm³/mol. The Kier molecular flexibility index (Phi) is 3.38. The van der Waals surface area contributed by atoms with E-state index in [1.54, 1.807) is 6.07 Å². The van der Waals surface area contributed by atoms with Gasteiger partial charge >= 0.3 is 5.97 Å². The lowest BCUT2D eigenvalue weighted by Crippen LogP contribution is -2.02. The molecule has 27 heavy (non-hydrogen) atoms. The average Bonchev–Trinajstić information content (AvgIpc) is 3.45. The molecule has 1 aliphatic carbocycles. The van der Waals surface area contributed by atoms with Gasteiger partial charge in [0.05, 0.1) is 11.1 Å². The first-order valence-corrected chi connectivity index (χ1v) is 9.20. The molecule has 4 heteroatoms. The molecule has 0 radical (unpaired) electrons. The highest BCUT2D eigenvalue weighted by Gasteiger charge is 2.26. The van der Waals surface area contributed by atoms with Gasteiger partial charge in [-0.3, -0.25) is 0 Å². The predicted octanol–water partition coefficient (Wildman–Crippen LogP) is 5.84. The van der Waals surface area contributed by atoms with E-state index in [-0.39, 0.29) is 5.56 Å². The first-order chi connectivity index (χ1) is 13.0. The van der Waals surface area contributed by atoms with Crippen molar-refractivity contribution < 1.29 is 14.3 Å². The van der Waals surface area contributed by atoms with Crippen molar-refractivity contribution in [2.24, 2.45) is 0 Å². The van der Waals surface area contributed by atoms with Crippen molar-refractivity contribution in [3.8, 4) is 11.5 Å². The maximum Gasteiger partial charge on any atom is 0.336 e. The third-order valence-corrected chi connectivity index (χ3v) is 5.48. The van der Waals surface area contributed by atoms with E-state index in [0.717, 1.165) is 27.6 Å². The number of pyridine rings is 1. The van der Waals surface area contributed by atoms with Crippen molar-refractivity contribution in [3.05, 3.63) is 64.7 Å². The lowest BCUT2D eigenvalue weighted by Gasteiger charge is -2.11. The number of furan rings is 1. The maximum absolute atomic E-state index is 12.0. The molecule has 1 aliphatic rings. The standard InChI is InChI=1S/C23H19NO3/c1-12-9-15(14-7-8-14)10-17-18(23(25)26)11-19(24-21(12)17)22-13(2)16-5-3-4-6-20(16)27-22/h3-6,9-11,14H,7-8H2,1-2H3,(H,25,26). The van der Waals surface area contributed by atoms with E-state index in [0.29, 0.717) is 22.8 Å². The van der Waals surface area contributed by atoms with Gasteiger partial charge in [-0.2, -0.15) is 0 Å². The van der Waals surface area contributed by atoms with Crippen LogP contribution in [-0.2, 0) is 0 Å². The van der Waals surface area contributed by atoms with E-state index in [1.807, 2.05) is 44.2 Å². The number of hydrogen-bond acceptors (Lipinski definition) is 3. The Morgan fingerprint density at radius 1 is 1.11 bits per heavy atom. The summed E-state index contributed by atoms with van der Waals surface area (Å²) < 4.78 is 6.02. The van der Waals surface area contributed by atoms with E-state index in [1.165, 1.54) is 18.4 Å². The van der Waals surface area contributed by atoms with Crippen LogP contribution in [0, 0.1) is 13.8 Å². The van der Waals surface area contributed by atoms with Crippen LogP contribution in [0.5, 0.6) is 0 Å². The largest absolute Gasteiger partial charge is 0.478 e. The molecule has 0 amide bonds. The van der Waals surface area contributed by atoms with Crippen LogP contribution in [0.4, 0.5) is 0 Å². The molecule has 0 aliphatic heterocycles. The van der Waals surface area contributed by atoms with Gasteiger partial charge in [-0.05, 0) is 61.9 Å². The molecular weight excluding hydrogens is 338 g/mol. The molecule has 134 valence electrons. The van der Waals surface area contributed by atoms with Gasteiger partial charge in [-0.1, -0.05) is 24.3 Å². The van der Waals surface area contributed by atoms with E-state index in [9.17, 15) is 9.90 Å². The third kappa shape index (κ3) is 2.52. The van der Waals surface area contributed by atoms with Gasteiger partial charge in [-0.25, -0.2) is 9.78 Å². The molecule has 5 rings (SSSR count). The SMILES string of the molecule is Cc1c(-c2cc(C(=O)O)c3cc(C4CC4)cc(C)c3n2)oc2ccccc12. The van der Waals surface area contributed by atoms with Crippen LogP contribution < -0.4 is 0 Å². The molecular formula is C23H19NO3. The van der Waals surface area contributed by atoms with Gasteiger partial charge < -0.3 is 9.52 Å². The number of carboxylic acid groups (broad SMARTS) is 1. The number of fused-ring (bicyclic) bond motifs is 2. The molecule has 2 aromatic heterocycles. The smallest absolute Gasteiger partial charge is 0.336 e. The highest BCUT2D eigenvalue weighted by atomic mass is 16.4. The van der Waals surface area contributed by atoms with Gasteiger partial charge in [0.2, 0.25) is 0 Å². The van der Waals surface area contributed by atoms with E-state index < -0.39 is 5.97 Å². The number of aromatic nitrogens is 1. The summed E-state index contributed by atoms with van der Waals surface area (Å²) in [5.74, 6) is 0.253.